The molecule has 2 aromatic heterocycles. The Labute approximate surface area is 140 Å². The zero-order valence-corrected chi connectivity index (χ0v) is 14.3. The highest BCUT2D eigenvalue weighted by Crippen LogP contribution is 2.27. The standard InChI is InChI=1S/C16H16BrN3O3/c1-8(21)16(2,3)18-7-12-19-13-10-6-9(17)4-5-11(10)23-14(13)15(22)20-12/h4-6,18,21H,1,7H2,2-3H3,(H,19,20,22). The summed E-state index contributed by atoms with van der Waals surface area (Å²) in [7, 11) is 0. The summed E-state index contributed by atoms with van der Waals surface area (Å²) >= 11 is 3.41. The van der Waals surface area contributed by atoms with Gasteiger partial charge in [-0.2, -0.15) is 0 Å². The average Bonchev–Trinajstić information content (AvgIpc) is 2.84. The zero-order valence-electron chi connectivity index (χ0n) is 12.7. The molecule has 2 heterocycles. The van der Waals surface area contributed by atoms with Gasteiger partial charge in [0.15, 0.2) is 0 Å². The summed E-state index contributed by atoms with van der Waals surface area (Å²) in [6.07, 6.45) is 0. The van der Waals surface area contributed by atoms with Crippen molar-refractivity contribution in [3.63, 3.8) is 0 Å². The number of benzene rings is 1. The summed E-state index contributed by atoms with van der Waals surface area (Å²) in [5, 5.41) is 13.4. The number of H-pyrrole nitrogens is 1. The van der Waals surface area contributed by atoms with Crippen molar-refractivity contribution >= 4 is 38.0 Å². The third-order valence-electron chi connectivity index (χ3n) is 3.75. The lowest BCUT2D eigenvalue weighted by Gasteiger charge is -2.24. The SMILES string of the molecule is C=C(O)C(C)(C)NCc1nc2c(oc3ccc(Br)cc32)c(=O)[nH]1. The maximum atomic E-state index is 12.2. The Morgan fingerprint density at radius 3 is 2.96 bits per heavy atom. The lowest BCUT2D eigenvalue weighted by molar-refractivity contribution is 0.280. The second kappa shape index (κ2) is 5.50. The Balaban J connectivity index is 2.06. The van der Waals surface area contributed by atoms with E-state index in [-0.39, 0.29) is 23.4 Å². The maximum absolute atomic E-state index is 12.2. The number of hydrogen-bond acceptors (Lipinski definition) is 5. The number of furan rings is 1. The number of hydrogen-bond donors (Lipinski definition) is 3. The first-order valence-electron chi connectivity index (χ1n) is 7.02. The number of aromatic amines is 1. The van der Waals surface area contributed by atoms with Crippen molar-refractivity contribution in [3.8, 4) is 0 Å². The zero-order chi connectivity index (χ0) is 16.8. The number of rotatable bonds is 4. The van der Waals surface area contributed by atoms with E-state index in [4.69, 9.17) is 4.42 Å². The first-order chi connectivity index (χ1) is 10.8. The molecular weight excluding hydrogens is 362 g/mol. The predicted molar refractivity (Wildman–Crippen MR) is 92.5 cm³/mol. The number of nitrogens with one attached hydrogen (secondary N) is 2. The van der Waals surface area contributed by atoms with Gasteiger partial charge >= 0.3 is 0 Å². The summed E-state index contributed by atoms with van der Waals surface area (Å²) in [5.74, 6) is 0.470. The molecule has 0 fully saturated rings. The Hall–Kier alpha value is -2.12. The molecule has 0 unspecified atom stereocenters. The molecule has 3 aromatic rings. The van der Waals surface area contributed by atoms with E-state index in [1.54, 1.807) is 19.9 Å². The van der Waals surface area contributed by atoms with E-state index in [2.05, 4.69) is 37.8 Å². The Morgan fingerprint density at radius 2 is 2.26 bits per heavy atom. The minimum Gasteiger partial charge on any atom is -0.511 e. The van der Waals surface area contributed by atoms with Crippen LogP contribution < -0.4 is 10.9 Å². The van der Waals surface area contributed by atoms with Gasteiger partial charge in [0, 0.05) is 9.86 Å². The fourth-order valence-electron chi connectivity index (χ4n) is 2.16. The van der Waals surface area contributed by atoms with Crippen molar-refractivity contribution in [2.45, 2.75) is 25.9 Å². The van der Waals surface area contributed by atoms with Crippen molar-refractivity contribution in [2.75, 3.05) is 0 Å². The summed E-state index contributed by atoms with van der Waals surface area (Å²) in [6.45, 7) is 7.38. The van der Waals surface area contributed by atoms with E-state index in [1.807, 2.05) is 12.1 Å². The molecule has 0 aliphatic heterocycles. The van der Waals surface area contributed by atoms with Gasteiger partial charge < -0.3 is 14.5 Å². The smallest absolute Gasteiger partial charge is 0.294 e. The minimum absolute atomic E-state index is 0.0126. The third kappa shape index (κ3) is 2.89. The second-order valence-corrected chi connectivity index (χ2v) is 6.77. The van der Waals surface area contributed by atoms with E-state index in [9.17, 15) is 9.90 Å². The quantitative estimate of drug-likeness (QED) is 0.606. The van der Waals surface area contributed by atoms with Crippen LogP contribution in [0.4, 0.5) is 0 Å². The molecular formula is C16H16BrN3O3. The van der Waals surface area contributed by atoms with Crippen LogP contribution in [0.5, 0.6) is 0 Å². The molecule has 6 nitrogen and oxygen atoms in total. The molecule has 120 valence electrons. The van der Waals surface area contributed by atoms with Crippen LogP contribution in [0.2, 0.25) is 0 Å². The van der Waals surface area contributed by atoms with Crippen molar-refractivity contribution in [2.24, 2.45) is 0 Å². The van der Waals surface area contributed by atoms with Gasteiger partial charge in [-0.15, -0.1) is 0 Å². The normalized spacial score (nSPS) is 12.1. The highest BCUT2D eigenvalue weighted by atomic mass is 79.9. The van der Waals surface area contributed by atoms with Gasteiger partial charge in [0.05, 0.1) is 12.1 Å². The fourth-order valence-corrected chi connectivity index (χ4v) is 2.52. The van der Waals surface area contributed by atoms with Crippen LogP contribution in [-0.4, -0.2) is 20.6 Å². The van der Waals surface area contributed by atoms with Crippen LogP contribution in [0.15, 0.2) is 44.2 Å². The van der Waals surface area contributed by atoms with E-state index < -0.39 is 5.54 Å². The molecule has 0 radical (unpaired) electrons. The van der Waals surface area contributed by atoms with Gasteiger partial charge in [-0.05, 0) is 32.0 Å². The van der Waals surface area contributed by atoms with Crippen LogP contribution >= 0.6 is 15.9 Å². The summed E-state index contributed by atoms with van der Waals surface area (Å²) in [5.41, 5.74) is 0.306. The number of nitrogens with zero attached hydrogens (tertiary/aromatic N) is 1. The van der Waals surface area contributed by atoms with Gasteiger partial charge in [0.1, 0.15) is 22.7 Å². The number of aliphatic hydroxyl groups is 1. The first-order valence-corrected chi connectivity index (χ1v) is 7.81. The molecule has 1 aromatic carbocycles. The third-order valence-corrected chi connectivity index (χ3v) is 4.25. The average molecular weight is 378 g/mol. The van der Waals surface area contributed by atoms with Crippen molar-refractivity contribution in [1.82, 2.24) is 15.3 Å². The van der Waals surface area contributed by atoms with Crippen LogP contribution in [0.3, 0.4) is 0 Å². The van der Waals surface area contributed by atoms with E-state index in [0.29, 0.717) is 16.9 Å². The molecule has 0 saturated heterocycles. The molecule has 7 heteroatoms. The molecule has 0 saturated carbocycles. The largest absolute Gasteiger partial charge is 0.511 e. The molecule has 0 spiro atoms. The number of fused-ring (bicyclic) bond motifs is 3. The first kappa shape index (κ1) is 15.8. The van der Waals surface area contributed by atoms with Crippen LogP contribution in [-0.2, 0) is 6.54 Å². The van der Waals surface area contributed by atoms with Gasteiger partial charge in [0.2, 0.25) is 5.58 Å². The van der Waals surface area contributed by atoms with E-state index in [1.165, 1.54) is 0 Å². The summed E-state index contributed by atoms with van der Waals surface area (Å²) in [4.78, 5) is 19.4. The van der Waals surface area contributed by atoms with Crippen molar-refractivity contribution in [3.05, 3.63) is 51.2 Å². The van der Waals surface area contributed by atoms with Crippen LogP contribution in [0, 0.1) is 0 Å². The molecule has 0 aliphatic rings. The molecule has 0 atom stereocenters. The highest BCUT2D eigenvalue weighted by molar-refractivity contribution is 9.10. The van der Waals surface area contributed by atoms with Crippen LogP contribution in [0.1, 0.15) is 19.7 Å². The lowest BCUT2D eigenvalue weighted by atomic mass is 10.0. The van der Waals surface area contributed by atoms with Gasteiger partial charge in [-0.1, -0.05) is 22.5 Å². The minimum atomic E-state index is -0.685. The Bertz CT molecular complexity index is 972. The van der Waals surface area contributed by atoms with Gasteiger partial charge in [0.25, 0.3) is 5.56 Å². The lowest BCUT2D eigenvalue weighted by Crippen LogP contribution is -2.40. The molecule has 0 bridgehead atoms. The Kier molecular flexibility index (Phi) is 3.77. The Morgan fingerprint density at radius 1 is 1.52 bits per heavy atom. The van der Waals surface area contributed by atoms with E-state index >= 15 is 0 Å². The second-order valence-electron chi connectivity index (χ2n) is 5.86. The van der Waals surface area contributed by atoms with E-state index in [0.717, 1.165) is 9.86 Å². The number of aliphatic hydroxyl groups excluding tert-OH is 1. The maximum Gasteiger partial charge on any atom is 0.294 e. The van der Waals surface area contributed by atoms with Crippen molar-refractivity contribution < 1.29 is 9.52 Å². The summed E-state index contributed by atoms with van der Waals surface area (Å²) in [6, 6.07) is 5.50. The predicted octanol–water partition coefficient (Wildman–Crippen LogP) is 3.37. The fraction of sp³-hybridized carbons (Fsp3) is 0.250. The molecule has 3 N–H and O–H groups in total. The highest BCUT2D eigenvalue weighted by Gasteiger charge is 2.21. The number of halogens is 1. The monoisotopic (exact) mass is 377 g/mol. The van der Waals surface area contributed by atoms with Crippen molar-refractivity contribution in [1.29, 1.82) is 0 Å². The van der Waals surface area contributed by atoms with Crippen LogP contribution in [0.25, 0.3) is 22.1 Å². The molecule has 0 aliphatic carbocycles. The molecule has 23 heavy (non-hydrogen) atoms. The summed E-state index contributed by atoms with van der Waals surface area (Å²) < 4.78 is 6.46. The molecule has 0 amide bonds. The molecule has 3 rings (SSSR count). The van der Waals surface area contributed by atoms with Gasteiger partial charge in [-0.25, -0.2) is 4.98 Å². The van der Waals surface area contributed by atoms with Gasteiger partial charge in [-0.3, -0.25) is 10.1 Å². The topological polar surface area (TPSA) is 91.2 Å². The number of aromatic nitrogens is 2.